The third kappa shape index (κ3) is 3.12. The highest BCUT2D eigenvalue weighted by molar-refractivity contribution is 6.01. The lowest BCUT2D eigenvalue weighted by atomic mass is 10.2. The zero-order chi connectivity index (χ0) is 17.1. The molecule has 0 radical (unpaired) electrons. The summed E-state index contributed by atoms with van der Waals surface area (Å²) in [7, 11) is 0. The first-order valence-electron chi connectivity index (χ1n) is 7.41. The van der Waals surface area contributed by atoms with Crippen LogP contribution in [-0.4, -0.2) is 21.0 Å². The molecular weight excluding hydrogens is 313 g/mol. The second kappa shape index (κ2) is 6.53. The Morgan fingerprint density at radius 2 is 2.21 bits per heavy atom. The van der Waals surface area contributed by atoms with Gasteiger partial charge in [-0.2, -0.15) is 5.10 Å². The number of nitrogens with zero attached hydrogens (tertiary/aromatic N) is 3. The van der Waals surface area contributed by atoms with E-state index in [0.29, 0.717) is 34.9 Å². The van der Waals surface area contributed by atoms with E-state index in [2.05, 4.69) is 20.9 Å². The van der Waals surface area contributed by atoms with E-state index in [9.17, 15) is 9.18 Å². The van der Waals surface area contributed by atoms with E-state index in [0.717, 1.165) is 0 Å². The topological polar surface area (TPSA) is 85.0 Å². The van der Waals surface area contributed by atoms with Crippen molar-refractivity contribution in [2.75, 3.05) is 10.6 Å². The Morgan fingerprint density at radius 1 is 1.38 bits per heavy atom. The number of anilines is 2. The van der Waals surface area contributed by atoms with Gasteiger partial charge in [0.15, 0.2) is 5.76 Å². The molecule has 3 rings (SSSR count). The maximum absolute atomic E-state index is 13.6. The van der Waals surface area contributed by atoms with Crippen molar-refractivity contribution < 1.29 is 13.7 Å². The van der Waals surface area contributed by atoms with Crippen LogP contribution in [0.1, 0.15) is 18.4 Å². The van der Waals surface area contributed by atoms with E-state index in [1.807, 2.05) is 6.92 Å². The van der Waals surface area contributed by atoms with Crippen LogP contribution >= 0.6 is 0 Å². The second-order valence-electron chi connectivity index (χ2n) is 5.11. The number of hydrogen-bond acceptors (Lipinski definition) is 4. The summed E-state index contributed by atoms with van der Waals surface area (Å²) in [4.78, 5) is 12.3. The van der Waals surface area contributed by atoms with E-state index >= 15 is 0 Å². The molecule has 0 unspecified atom stereocenters. The number of hydrogen-bond donors (Lipinski definition) is 2. The quantitative estimate of drug-likeness (QED) is 0.767. The highest BCUT2D eigenvalue weighted by Crippen LogP contribution is 2.23. The van der Waals surface area contributed by atoms with Gasteiger partial charge in [0.05, 0.1) is 11.4 Å². The summed E-state index contributed by atoms with van der Waals surface area (Å²) in [6, 6.07) is 5.30. The molecule has 0 saturated heterocycles. The average molecular weight is 329 g/mol. The van der Waals surface area contributed by atoms with Crippen LogP contribution in [0.3, 0.4) is 0 Å². The number of benzene rings is 1. The number of amides is 2. The monoisotopic (exact) mass is 329 g/mol. The van der Waals surface area contributed by atoms with Gasteiger partial charge in [0.25, 0.3) is 0 Å². The molecule has 124 valence electrons. The largest absolute Gasteiger partial charge is 0.359 e. The van der Waals surface area contributed by atoms with E-state index in [4.69, 9.17) is 4.52 Å². The normalized spacial score (nSPS) is 10.6. The molecular formula is C16H16FN5O2. The van der Waals surface area contributed by atoms with Gasteiger partial charge in [0.2, 0.25) is 0 Å². The summed E-state index contributed by atoms with van der Waals surface area (Å²) in [6.07, 6.45) is 3.89. The predicted octanol–water partition coefficient (Wildman–Crippen LogP) is 3.51. The Kier molecular flexibility index (Phi) is 4.28. The molecule has 0 saturated carbocycles. The van der Waals surface area contributed by atoms with E-state index in [1.54, 1.807) is 31.5 Å². The first-order valence-corrected chi connectivity index (χ1v) is 7.41. The first kappa shape index (κ1) is 15.7. The molecule has 7 nitrogen and oxygen atoms in total. The Balaban J connectivity index is 1.84. The van der Waals surface area contributed by atoms with E-state index in [1.165, 1.54) is 16.8 Å². The molecule has 0 spiro atoms. The van der Waals surface area contributed by atoms with E-state index in [-0.39, 0.29) is 0 Å². The van der Waals surface area contributed by atoms with Crippen molar-refractivity contribution in [1.82, 2.24) is 14.9 Å². The molecule has 0 aliphatic carbocycles. The summed E-state index contributed by atoms with van der Waals surface area (Å²) in [6.45, 7) is 3.63. The lowest BCUT2D eigenvalue weighted by molar-refractivity contribution is 0.262. The van der Waals surface area contributed by atoms with Gasteiger partial charge >= 0.3 is 6.03 Å². The van der Waals surface area contributed by atoms with Crippen molar-refractivity contribution in [1.29, 1.82) is 0 Å². The Morgan fingerprint density at radius 3 is 2.92 bits per heavy atom. The minimum absolute atomic E-state index is 0.295. The predicted molar refractivity (Wildman–Crippen MR) is 86.8 cm³/mol. The maximum atomic E-state index is 13.6. The van der Waals surface area contributed by atoms with Gasteiger partial charge in [-0.15, -0.1) is 0 Å². The van der Waals surface area contributed by atoms with Crippen molar-refractivity contribution in [3.8, 4) is 5.69 Å². The molecule has 2 heterocycles. The van der Waals surface area contributed by atoms with Crippen LogP contribution in [0.5, 0.6) is 0 Å². The molecule has 0 fully saturated rings. The molecule has 0 bridgehead atoms. The number of aryl methyl sites for hydroxylation is 2. The lowest BCUT2D eigenvalue weighted by Crippen LogP contribution is -2.21. The highest BCUT2D eigenvalue weighted by atomic mass is 19.1. The molecule has 3 aromatic rings. The summed E-state index contributed by atoms with van der Waals surface area (Å²) < 4.78 is 20.2. The van der Waals surface area contributed by atoms with Crippen LogP contribution in [0, 0.1) is 12.7 Å². The van der Waals surface area contributed by atoms with Gasteiger partial charge < -0.3 is 15.2 Å². The molecule has 2 aromatic heterocycles. The van der Waals surface area contributed by atoms with Crippen molar-refractivity contribution in [2.45, 2.75) is 20.3 Å². The zero-order valence-electron chi connectivity index (χ0n) is 13.2. The van der Waals surface area contributed by atoms with Gasteiger partial charge in [-0.3, -0.25) is 0 Å². The van der Waals surface area contributed by atoms with E-state index < -0.39 is 11.8 Å². The second-order valence-corrected chi connectivity index (χ2v) is 5.11. The number of nitrogens with one attached hydrogen (secondary N) is 2. The third-order valence-electron chi connectivity index (χ3n) is 3.45. The molecule has 1 aromatic carbocycles. The van der Waals surface area contributed by atoms with Crippen molar-refractivity contribution >= 4 is 17.4 Å². The van der Waals surface area contributed by atoms with Gasteiger partial charge in [-0.1, -0.05) is 12.1 Å². The number of carbonyl (C=O) groups is 1. The summed E-state index contributed by atoms with van der Waals surface area (Å²) in [5.41, 5.74) is 1.94. The third-order valence-corrected chi connectivity index (χ3v) is 3.45. The summed E-state index contributed by atoms with van der Waals surface area (Å²) in [5.74, 6) is 0.116. The van der Waals surface area contributed by atoms with Gasteiger partial charge in [-0.25, -0.2) is 13.9 Å². The van der Waals surface area contributed by atoms with Crippen LogP contribution < -0.4 is 10.6 Å². The van der Waals surface area contributed by atoms with Gasteiger partial charge in [-0.05, 0) is 31.2 Å². The Labute approximate surface area is 137 Å². The fourth-order valence-corrected chi connectivity index (χ4v) is 2.30. The summed E-state index contributed by atoms with van der Waals surface area (Å²) >= 11 is 0. The van der Waals surface area contributed by atoms with Crippen LogP contribution in [0.15, 0.2) is 41.2 Å². The minimum Gasteiger partial charge on any atom is -0.359 e. The summed E-state index contributed by atoms with van der Waals surface area (Å²) in [5, 5.41) is 13.3. The van der Waals surface area contributed by atoms with Crippen molar-refractivity contribution in [3.63, 3.8) is 0 Å². The first-order chi connectivity index (χ1) is 11.6. The molecule has 2 N–H and O–H groups in total. The maximum Gasteiger partial charge on any atom is 0.323 e. The van der Waals surface area contributed by atoms with Crippen molar-refractivity contribution in [2.24, 2.45) is 0 Å². The fraction of sp³-hybridized carbons (Fsp3) is 0.188. The average Bonchev–Trinajstić information content (AvgIpc) is 3.18. The SMILES string of the molecule is CCc1onc(C)c1NC(=O)Nc1cc(F)ccc1-n1cccn1. The number of aromatic nitrogens is 3. The fourth-order valence-electron chi connectivity index (χ4n) is 2.30. The minimum atomic E-state index is -0.519. The van der Waals surface area contributed by atoms with Crippen LogP contribution in [0.4, 0.5) is 20.6 Å². The number of urea groups is 1. The highest BCUT2D eigenvalue weighted by Gasteiger charge is 2.16. The van der Waals surface area contributed by atoms with Crippen molar-refractivity contribution in [3.05, 3.63) is 53.9 Å². The van der Waals surface area contributed by atoms with Gasteiger partial charge in [0.1, 0.15) is 17.2 Å². The standard InChI is InChI=1S/C16H16FN5O2/c1-3-14-15(10(2)21-24-14)20-16(23)19-12-9-11(17)5-6-13(12)22-8-4-7-18-22/h4-9H,3H2,1-2H3,(H2,19,20,23). The number of rotatable bonds is 4. The molecule has 24 heavy (non-hydrogen) atoms. The van der Waals surface area contributed by atoms with Crippen LogP contribution in [0.2, 0.25) is 0 Å². The van der Waals surface area contributed by atoms with Crippen LogP contribution in [-0.2, 0) is 6.42 Å². The molecule has 0 aliphatic rings. The smallest absolute Gasteiger partial charge is 0.323 e. The van der Waals surface area contributed by atoms with Gasteiger partial charge in [0, 0.05) is 18.8 Å². The Bertz CT molecular complexity index is 857. The zero-order valence-corrected chi connectivity index (χ0v) is 13.2. The Hall–Kier alpha value is -3.16. The lowest BCUT2D eigenvalue weighted by Gasteiger charge is -2.12. The molecule has 0 aliphatic heterocycles. The molecule has 0 atom stereocenters. The number of carbonyl (C=O) groups excluding carboxylic acids is 1. The molecule has 8 heteroatoms. The van der Waals surface area contributed by atoms with Crippen LogP contribution in [0.25, 0.3) is 5.69 Å². The number of halogens is 1. The molecule has 2 amide bonds.